The van der Waals surface area contributed by atoms with E-state index in [-0.39, 0.29) is 37.0 Å². The van der Waals surface area contributed by atoms with Gasteiger partial charge in [-0.3, -0.25) is 29.0 Å². The topological polar surface area (TPSA) is 78.0 Å². The van der Waals surface area contributed by atoms with E-state index in [1.165, 1.54) is 9.80 Å². The van der Waals surface area contributed by atoms with E-state index in [9.17, 15) is 19.2 Å². The van der Waals surface area contributed by atoms with Crippen molar-refractivity contribution in [1.29, 1.82) is 0 Å². The molecule has 0 N–H and O–H groups in total. The van der Waals surface area contributed by atoms with Crippen molar-refractivity contribution < 1.29 is 19.2 Å². The second-order valence-corrected chi connectivity index (χ2v) is 11.0. The summed E-state index contributed by atoms with van der Waals surface area (Å²) in [7, 11) is 0. The van der Waals surface area contributed by atoms with E-state index in [0.29, 0.717) is 41.4 Å². The van der Waals surface area contributed by atoms with Crippen LogP contribution in [0.25, 0.3) is 0 Å². The van der Waals surface area contributed by atoms with Crippen LogP contribution in [0.1, 0.15) is 25.7 Å². The number of anilines is 1. The summed E-state index contributed by atoms with van der Waals surface area (Å²) in [5.74, 6) is -2.83. The first-order valence-electron chi connectivity index (χ1n) is 11.1. The molecule has 4 aliphatic rings. The Bertz CT molecular complexity index is 1070. The number of carbonyl (C=O) groups is 4. The highest BCUT2D eigenvalue weighted by molar-refractivity contribution is 9.10. The van der Waals surface area contributed by atoms with Gasteiger partial charge >= 0.3 is 0 Å². The van der Waals surface area contributed by atoms with Crippen LogP contribution in [-0.4, -0.2) is 46.8 Å². The summed E-state index contributed by atoms with van der Waals surface area (Å²) < 4.78 is 0.858. The second-order valence-electron chi connectivity index (χ2n) is 9.12. The molecule has 7 nitrogen and oxygen atoms in total. The number of rotatable bonds is 5. The monoisotopic (exact) mass is 565 g/mol. The molecule has 4 amide bonds. The molecular formula is C24H22BrCl2N3O4. The average molecular weight is 567 g/mol. The average Bonchev–Trinajstić information content (AvgIpc) is 3.18. The molecule has 2 aliphatic carbocycles. The lowest BCUT2D eigenvalue weighted by atomic mass is 9.85. The summed E-state index contributed by atoms with van der Waals surface area (Å²) in [6.45, 7) is -0.120. The van der Waals surface area contributed by atoms with Crippen LogP contribution in [0.5, 0.6) is 0 Å². The summed E-state index contributed by atoms with van der Waals surface area (Å²) >= 11 is 15.7. The van der Waals surface area contributed by atoms with Gasteiger partial charge in [-0.05, 0) is 49.9 Å². The molecule has 34 heavy (non-hydrogen) atoms. The maximum absolute atomic E-state index is 13.1. The van der Waals surface area contributed by atoms with Crippen LogP contribution in [0, 0.1) is 23.7 Å². The van der Waals surface area contributed by atoms with Crippen LogP contribution in [0.2, 0.25) is 0 Å². The molecule has 0 unspecified atom stereocenters. The molecule has 2 heterocycles. The molecule has 0 bridgehead atoms. The number of carbonyl (C=O) groups excluding carboxylic acids is 4. The Hall–Kier alpha value is -2.16. The molecule has 2 fully saturated rings. The smallest absolute Gasteiger partial charge is 0.234 e. The number of hydrogen-bond acceptors (Lipinski definition) is 5. The maximum atomic E-state index is 13.1. The molecule has 5 rings (SSSR count). The first-order chi connectivity index (χ1) is 16.2. The minimum absolute atomic E-state index is 0.0602. The molecule has 0 saturated carbocycles. The summed E-state index contributed by atoms with van der Waals surface area (Å²) in [5, 5.41) is 1.19. The molecule has 1 aromatic rings. The van der Waals surface area contributed by atoms with Crippen LogP contribution in [0.4, 0.5) is 5.69 Å². The highest BCUT2D eigenvalue weighted by Gasteiger charge is 2.51. The Morgan fingerprint density at radius 3 is 1.59 bits per heavy atom. The van der Waals surface area contributed by atoms with Gasteiger partial charge in [0.25, 0.3) is 0 Å². The minimum atomic E-state index is -0.470. The molecule has 10 heteroatoms. The van der Waals surface area contributed by atoms with Gasteiger partial charge in [0, 0.05) is 20.2 Å². The van der Waals surface area contributed by atoms with Crippen molar-refractivity contribution >= 4 is 68.4 Å². The number of amides is 4. The number of fused-ring (bicyclic) bond motifs is 2. The molecule has 0 spiro atoms. The van der Waals surface area contributed by atoms with E-state index in [4.69, 9.17) is 23.2 Å². The zero-order valence-electron chi connectivity index (χ0n) is 18.1. The van der Waals surface area contributed by atoms with E-state index in [2.05, 4.69) is 15.9 Å². The van der Waals surface area contributed by atoms with Gasteiger partial charge in [-0.2, -0.15) is 0 Å². The van der Waals surface area contributed by atoms with Gasteiger partial charge < -0.3 is 4.90 Å². The Morgan fingerprint density at radius 1 is 0.735 bits per heavy atom. The Morgan fingerprint density at radius 2 is 1.15 bits per heavy atom. The fourth-order valence-corrected chi connectivity index (χ4v) is 6.05. The summed E-state index contributed by atoms with van der Waals surface area (Å²) in [6.07, 6.45) is 5.17. The van der Waals surface area contributed by atoms with Crippen molar-refractivity contribution in [3.05, 3.63) is 51.0 Å². The number of imide groups is 2. The van der Waals surface area contributed by atoms with Gasteiger partial charge in [0.05, 0.1) is 23.7 Å². The predicted molar refractivity (Wildman–Crippen MR) is 130 cm³/mol. The molecular weight excluding hydrogens is 545 g/mol. The van der Waals surface area contributed by atoms with Crippen molar-refractivity contribution in [2.75, 3.05) is 18.2 Å². The van der Waals surface area contributed by atoms with Crippen LogP contribution in [0.15, 0.2) is 51.0 Å². The van der Waals surface area contributed by atoms with E-state index in [0.717, 1.165) is 4.47 Å². The van der Waals surface area contributed by atoms with Crippen LogP contribution < -0.4 is 4.90 Å². The van der Waals surface area contributed by atoms with Crippen LogP contribution in [-0.2, 0) is 19.2 Å². The van der Waals surface area contributed by atoms with Crippen LogP contribution >= 0.6 is 39.1 Å². The minimum Gasteiger partial charge on any atom is -0.335 e. The number of hydrogen-bond donors (Lipinski definition) is 0. The third-order valence-electron chi connectivity index (χ3n) is 7.14. The lowest BCUT2D eigenvalue weighted by molar-refractivity contribution is -0.140. The number of likely N-dealkylation sites (tertiary alicyclic amines) is 2. The fourth-order valence-electron chi connectivity index (χ4n) is 5.27. The highest BCUT2D eigenvalue weighted by Crippen LogP contribution is 2.41. The molecule has 2 aliphatic heterocycles. The third kappa shape index (κ3) is 4.10. The largest absolute Gasteiger partial charge is 0.335 e. The second kappa shape index (κ2) is 9.13. The van der Waals surface area contributed by atoms with Crippen LogP contribution in [0.3, 0.4) is 0 Å². The van der Waals surface area contributed by atoms with Crippen molar-refractivity contribution in [2.45, 2.75) is 25.7 Å². The molecule has 1 aromatic carbocycles. The SMILES string of the molecule is O=C1[C@H]2CC=C(Cl)C[C@@H]2C(=O)N1CN(CN1C(=O)[C@H]2CC(Cl)=CC[C@H]2C1=O)c1ccc(Br)cc1. The van der Waals surface area contributed by atoms with Crippen molar-refractivity contribution in [2.24, 2.45) is 23.7 Å². The van der Waals surface area contributed by atoms with E-state index < -0.39 is 23.7 Å². The van der Waals surface area contributed by atoms with Crippen molar-refractivity contribution in [1.82, 2.24) is 9.80 Å². The first kappa shape index (κ1) is 23.6. The molecule has 0 radical (unpaired) electrons. The number of benzene rings is 1. The lowest BCUT2D eigenvalue weighted by Gasteiger charge is -2.32. The third-order valence-corrected chi connectivity index (χ3v) is 8.28. The zero-order chi connectivity index (χ0) is 24.1. The standard InChI is InChI=1S/C24H22BrCl2N3O4/c25-13-1-5-16(6-2-13)28(11-29-21(31)17-7-3-14(26)9-19(17)23(29)33)12-30-22(32)18-8-4-15(27)10-20(18)24(30)34/h1-6,17-20H,7-12H2/t17-,18+,19-,20-/m0/s1. The first-order valence-corrected chi connectivity index (χ1v) is 12.7. The van der Waals surface area contributed by atoms with Gasteiger partial charge in [-0.25, -0.2) is 0 Å². The van der Waals surface area contributed by atoms with Crippen molar-refractivity contribution in [3.8, 4) is 0 Å². The van der Waals surface area contributed by atoms with Crippen molar-refractivity contribution in [3.63, 3.8) is 0 Å². The summed E-state index contributed by atoms with van der Waals surface area (Å²) in [6, 6.07) is 7.29. The predicted octanol–water partition coefficient (Wildman–Crippen LogP) is 4.21. The van der Waals surface area contributed by atoms with E-state index in [1.807, 2.05) is 24.3 Å². The van der Waals surface area contributed by atoms with E-state index in [1.54, 1.807) is 17.1 Å². The van der Waals surface area contributed by atoms with Gasteiger partial charge in [0.1, 0.15) is 13.3 Å². The number of nitrogens with zero attached hydrogens (tertiary/aromatic N) is 3. The quantitative estimate of drug-likeness (QED) is 0.499. The molecule has 4 atom stereocenters. The van der Waals surface area contributed by atoms with Gasteiger partial charge in [-0.15, -0.1) is 0 Å². The Kier molecular flexibility index (Phi) is 6.33. The van der Waals surface area contributed by atoms with Gasteiger partial charge in [0.2, 0.25) is 23.6 Å². The summed E-state index contributed by atoms with van der Waals surface area (Å²) in [5.41, 5.74) is 0.682. The maximum Gasteiger partial charge on any atom is 0.234 e. The number of halogens is 3. The Balaban J connectivity index is 1.41. The fraction of sp³-hybridized carbons (Fsp3) is 0.417. The lowest BCUT2D eigenvalue weighted by Crippen LogP contribution is -2.48. The number of allylic oxidation sites excluding steroid dienone is 4. The molecule has 178 valence electrons. The summed E-state index contributed by atoms with van der Waals surface area (Å²) in [4.78, 5) is 56.7. The highest BCUT2D eigenvalue weighted by atomic mass is 79.9. The molecule has 2 saturated heterocycles. The molecule has 0 aromatic heterocycles. The Labute approximate surface area is 215 Å². The van der Waals surface area contributed by atoms with E-state index >= 15 is 0 Å². The van der Waals surface area contributed by atoms with Gasteiger partial charge in [0.15, 0.2) is 0 Å². The zero-order valence-corrected chi connectivity index (χ0v) is 21.2. The normalized spacial score (nSPS) is 28.7. The van der Waals surface area contributed by atoms with Gasteiger partial charge in [-0.1, -0.05) is 51.3 Å².